The van der Waals surface area contributed by atoms with E-state index in [0.717, 1.165) is 13.8 Å². The third-order valence-corrected chi connectivity index (χ3v) is 1.69. The molecule has 2 rings (SSSR count). The normalized spacial score (nSPS) is 116. The summed E-state index contributed by atoms with van der Waals surface area (Å²) in [7, 11) is 0. The largest absolute Gasteiger partial charge is 0.0651 e. The number of hydrogen-bond acceptors (Lipinski definition) is 0. The van der Waals surface area contributed by atoms with Crippen molar-refractivity contribution in [2.45, 2.75) is 39.3 Å². The standard InChI is InChI=1S/C10H18/c1-3-9-5-8-4-7(2)10(9)6-8/h7-10H,3-6H2,1-2H3/i3D2,4D2,5D2,6D2,7D,8D,9D,10D. The monoisotopic (exact) mass is 150 g/mol. The average Bonchev–Trinajstić information content (AvgIpc) is 2.41. The molecule has 0 amide bonds. The van der Waals surface area contributed by atoms with E-state index in [0.29, 0.717) is 0 Å². The number of fused-ring (bicyclic) bond motifs is 2. The summed E-state index contributed by atoms with van der Waals surface area (Å²) in [5, 5.41) is 0. The predicted molar refractivity (Wildman–Crippen MR) is 43.8 cm³/mol. The van der Waals surface area contributed by atoms with Gasteiger partial charge >= 0.3 is 0 Å². The summed E-state index contributed by atoms with van der Waals surface area (Å²) in [5.41, 5.74) is 0. The molecule has 0 aromatic heterocycles. The van der Waals surface area contributed by atoms with Crippen molar-refractivity contribution in [3.63, 3.8) is 0 Å². The highest BCUT2D eigenvalue weighted by atomic mass is 14.5. The first kappa shape index (κ1) is 1.53. The minimum absolute atomic E-state index is 0.805. The van der Waals surface area contributed by atoms with E-state index >= 15 is 0 Å². The Bertz CT molecular complexity index is 533. The van der Waals surface area contributed by atoms with Crippen LogP contribution in [-0.2, 0) is 0 Å². The average molecular weight is 150 g/mol. The zero-order valence-electron chi connectivity index (χ0n) is 18.0. The van der Waals surface area contributed by atoms with Crippen LogP contribution in [0.3, 0.4) is 0 Å². The van der Waals surface area contributed by atoms with Crippen LogP contribution in [0.25, 0.3) is 0 Å². The Balaban J connectivity index is 3.06. The van der Waals surface area contributed by atoms with Crippen molar-refractivity contribution in [2.75, 3.05) is 0 Å². The van der Waals surface area contributed by atoms with E-state index in [-0.39, 0.29) is 0 Å². The van der Waals surface area contributed by atoms with Crippen LogP contribution in [0.1, 0.15) is 55.8 Å². The Labute approximate surface area is 80.9 Å². The Morgan fingerprint density at radius 2 is 2.40 bits per heavy atom. The van der Waals surface area contributed by atoms with Gasteiger partial charge in [-0.25, -0.2) is 0 Å². The van der Waals surface area contributed by atoms with Crippen LogP contribution in [-0.4, -0.2) is 0 Å². The van der Waals surface area contributed by atoms with E-state index < -0.39 is 49.1 Å². The molecule has 2 bridgehead atoms. The van der Waals surface area contributed by atoms with Crippen LogP contribution in [0.2, 0.25) is 0 Å². The fourth-order valence-corrected chi connectivity index (χ4v) is 1.19. The second-order valence-electron chi connectivity index (χ2n) is 2.38. The van der Waals surface area contributed by atoms with E-state index in [1.807, 2.05) is 0 Å². The molecule has 58 valence electrons. The van der Waals surface area contributed by atoms with Gasteiger partial charge in [0.1, 0.15) is 0 Å². The second-order valence-corrected chi connectivity index (χ2v) is 2.38. The maximum atomic E-state index is 8.43. The lowest BCUT2D eigenvalue weighted by Gasteiger charge is -2.25. The van der Waals surface area contributed by atoms with E-state index in [1.165, 1.54) is 0 Å². The molecular weight excluding hydrogens is 120 g/mol. The fourth-order valence-electron chi connectivity index (χ4n) is 1.19. The van der Waals surface area contributed by atoms with E-state index in [1.54, 1.807) is 0 Å². The van der Waals surface area contributed by atoms with Gasteiger partial charge in [-0.05, 0) is 42.7 Å². The molecule has 0 spiro atoms. The van der Waals surface area contributed by atoms with Gasteiger partial charge in [0.2, 0.25) is 0 Å². The van der Waals surface area contributed by atoms with Crippen LogP contribution in [0.5, 0.6) is 0 Å². The Kier molecular flexibility index (Phi) is 0.345. The van der Waals surface area contributed by atoms with Crippen molar-refractivity contribution in [1.29, 1.82) is 0 Å². The molecule has 4 unspecified atom stereocenters. The first-order chi connectivity index (χ1) is 9.25. The Morgan fingerprint density at radius 1 is 1.60 bits per heavy atom. The lowest BCUT2D eigenvalue weighted by atomic mass is 9.80. The molecule has 2 aliphatic rings. The molecule has 0 aromatic carbocycles. The van der Waals surface area contributed by atoms with Gasteiger partial charge in [0.25, 0.3) is 0 Å². The molecule has 2 fully saturated rings. The minimum atomic E-state index is -3.33. The summed E-state index contributed by atoms with van der Waals surface area (Å²) in [6.07, 6.45) is -12.4. The second kappa shape index (κ2) is 2.25. The molecule has 4 atom stereocenters. The molecule has 2 saturated carbocycles. The molecule has 0 radical (unpaired) electrons. The van der Waals surface area contributed by atoms with Crippen molar-refractivity contribution in [1.82, 2.24) is 0 Å². The van der Waals surface area contributed by atoms with Crippen molar-refractivity contribution >= 4 is 0 Å². The van der Waals surface area contributed by atoms with Crippen molar-refractivity contribution in [2.24, 2.45) is 23.6 Å². The molecule has 0 heterocycles. The highest BCUT2D eigenvalue weighted by molar-refractivity contribution is 4.92. The first-order valence-corrected chi connectivity index (χ1v) is 3.25. The van der Waals surface area contributed by atoms with Gasteiger partial charge in [0.15, 0.2) is 0 Å². The van der Waals surface area contributed by atoms with Gasteiger partial charge in [-0.15, -0.1) is 0 Å². The molecule has 0 aromatic rings. The molecular formula is C10H18. The summed E-state index contributed by atoms with van der Waals surface area (Å²) in [5.74, 6) is -12.2. The topological polar surface area (TPSA) is 0 Å². The van der Waals surface area contributed by atoms with Gasteiger partial charge < -0.3 is 0 Å². The summed E-state index contributed by atoms with van der Waals surface area (Å²) in [6.45, 7) is 1.65. The maximum absolute atomic E-state index is 8.43. The van der Waals surface area contributed by atoms with Gasteiger partial charge in [-0.2, -0.15) is 0 Å². The van der Waals surface area contributed by atoms with Crippen LogP contribution < -0.4 is 0 Å². The van der Waals surface area contributed by atoms with Gasteiger partial charge in [0.05, 0.1) is 0 Å². The molecule has 0 heteroatoms. The van der Waals surface area contributed by atoms with E-state index in [2.05, 4.69) is 0 Å². The Hall–Kier alpha value is 0. The van der Waals surface area contributed by atoms with Crippen LogP contribution >= 0.6 is 0 Å². The molecule has 0 nitrogen and oxygen atoms in total. The molecule has 2 aliphatic carbocycles. The minimum Gasteiger partial charge on any atom is -0.0651 e. The first-order valence-electron chi connectivity index (χ1n) is 9.25. The zero-order valence-corrected chi connectivity index (χ0v) is 6.00. The third-order valence-electron chi connectivity index (χ3n) is 1.69. The molecule has 0 saturated heterocycles. The summed E-state index contributed by atoms with van der Waals surface area (Å²) < 4.78 is 97.0. The maximum Gasteiger partial charge on any atom is 0.0308 e. The van der Waals surface area contributed by atoms with E-state index in [4.69, 9.17) is 16.4 Å². The van der Waals surface area contributed by atoms with Crippen molar-refractivity contribution < 1.29 is 16.4 Å². The molecule has 0 aliphatic heterocycles. The van der Waals surface area contributed by atoms with Crippen LogP contribution in [0, 0.1) is 23.6 Å². The summed E-state index contributed by atoms with van der Waals surface area (Å²) in [4.78, 5) is 0. The lowest BCUT2D eigenvalue weighted by molar-refractivity contribution is 0.248. The number of hydrogen-bond donors (Lipinski definition) is 0. The Morgan fingerprint density at radius 3 is 3.00 bits per heavy atom. The van der Waals surface area contributed by atoms with Crippen LogP contribution in [0.4, 0.5) is 0 Å². The molecule has 10 heavy (non-hydrogen) atoms. The van der Waals surface area contributed by atoms with Crippen molar-refractivity contribution in [3.05, 3.63) is 0 Å². The molecule has 0 N–H and O–H groups in total. The predicted octanol–water partition coefficient (Wildman–Crippen LogP) is 3.08. The SMILES string of the molecule is [2H]C([2H])(C)C1([2H])C([2H])([2H])C2([2H])C([2H])([2H])C([2H])(C)C1([2H])C2([2H])[2H]. The summed E-state index contributed by atoms with van der Waals surface area (Å²) in [6, 6.07) is 0. The van der Waals surface area contributed by atoms with Crippen molar-refractivity contribution in [3.8, 4) is 0 Å². The highest BCUT2D eigenvalue weighted by Gasteiger charge is 2.42. The zero-order chi connectivity index (χ0) is 18.0. The lowest BCUT2D eigenvalue weighted by Crippen LogP contribution is -2.16. The quantitative estimate of drug-likeness (QED) is 0.539. The summed E-state index contributed by atoms with van der Waals surface area (Å²) >= 11 is 0. The third kappa shape index (κ3) is 0.810. The highest BCUT2D eigenvalue weighted by Crippen LogP contribution is 2.52. The fraction of sp³-hybridized carbons (Fsp3) is 1.00. The van der Waals surface area contributed by atoms with Gasteiger partial charge in [0, 0.05) is 16.4 Å². The smallest absolute Gasteiger partial charge is 0.0308 e. The van der Waals surface area contributed by atoms with Gasteiger partial charge in [-0.3, -0.25) is 0 Å². The van der Waals surface area contributed by atoms with E-state index in [9.17, 15) is 0 Å². The van der Waals surface area contributed by atoms with Crippen LogP contribution in [0.15, 0.2) is 0 Å². The number of rotatable bonds is 1. The van der Waals surface area contributed by atoms with Gasteiger partial charge in [-0.1, -0.05) is 20.2 Å².